The van der Waals surface area contributed by atoms with Crippen molar-refractivity contribution in [3.63, 3.8) is 0 Å². The molecule has 0 saturated carbocycles. The second-order valence-electron chi connectivity index (χ2n) is 6.97. The van der Waals surface area contributed by atoms with Gasteiger partial charge in [-0.25, -0.2) is 0 Å². The average Bonchev–Trinajstić information content (AvgIpc) is 3.16. The smallest absolute Gasteiger partial charge is 0.226 e. The Morgan fingerprint density at radius 1 is 1.25 bits per heavy atom. The summed E-state index contributed by atoms with van der Waals surface area (Å²) in [4.78, 5) is 18.9. The summed E-state index contributed by atoms with van der Waals surface area (Å²) in [5.74, 6) is 2.16. The Morgan fingerprint density at radius 3 is 2.68 bits per heavy atom. The van der Waals surface area contributed by atoms with Gasteiger partial charge in [0.2, 0.25) is 11.8 Å². The lowest BCUT2D eigenvalue weighted by Crippen LogP contribution is -2.28. The highest BCUT2D eigenvalue weighted by molar-refractivity contribution is 5.92. The summed E-state index contributed by atoms with van der Waals surface area (Å²) in [5.41, 5.74) is 0.701. The topological polar surface area (TPSA) is 80.5 Å². The minimum Gasteiger partial charge on any atom is -0.490 e. The molecule has 154 valence electrons. The third-order valence-corrected chi connectivity index (χ3v) is 4.52. The predicted molar refractivity (Wildman–Crippen MR) is 110 cm³/mol. The summed E-state index contributed by atoms with van der Waals surface area (Å²) >= 11 is 0. The van der Waals surface area contributed by atoms with Crippen LogP contribution in [0.25, 0.3) is 0 Å². The first-order valence-electron chi connectivity index (χ1n) is 10.1. The largest absolute Gasteiger partial charge is 0.490 e. The van der Waals surface area contributed by atoms with Crippen LogP contribution in [-0.4, -0.2) is 47.2 Å². The van der Waals surface area contributed by atoms with Crippen LogP contribution in [0.1, 0.15) is 58.2 Å². The van der Waals surface area contributed by atoms with E-state index in [2.05, 4.69) is 34.2 Å². The van der Waals surface area contributed by atoms with Gasteiger partial charge in [-0.05, 0) is 31.6 Å². The fraction of sp³-hybridized carbons (Fsp3) is 0.571. The van der Waals surface area contributed by atoms with Crippen LogP contribution >= 0.6 is 0 Å². The monoisotopic (exact) mass is 388 g/mol. The lowest BCUT2D eigenvalue weighted by Gasteiger charge is -2.19. The van der Waals surface area contributed by atoms with E-state index in [1.165, 1.54) is 0 Å². The summed E-state index contributed by atoms with van der Waals surface area (Å²) < 4.78 is 11.1. The number of anilines is 1. The van der Waals surface area contributed by atoms with Crippen molar-refractivity contribution in [1.82, 2.24) is 15.0 Å². The maximum atomic E-state index is 12.3. The van der Waals surface area contributed by atoms with Gasteiger partial charge in [0.1, 0.15) is 12.4 Å². The van der Waals surface area contributed by atoms with Crippen LogP contribution in [-0.2, 0) is 11.2 Å². The number of likely N-dealkylation sites (N-methyl/N-ethyl adjacent to an activating group) is 1. The minimum atomic E-state index is -0.0524. The van der Waals surface area contributed by atoms with Crippen LogP contribution in [0.2, 0.25) is 0 Å². The molecule has 2 rings (SSSR count). The zero-order chi connectivity index (χ0) is 20.4. The van der Waals surface area contributed by atoms with E-state index in [0.717, 1.165) is 19.6 Å². The SMILES string of the molecule is CCN(CC)CCOc1ccccc1NC(=O)CCCc1nc(C(C)C)no1. The van der Waals surface area contributed by atoms with E-state index in [9.17, 15) is 4.79 Å². The van der Waals surface area contributed by atoms with Gasteiger partial charge in [0.15, 0.2) is 5.82 Å². The second-order valence-corrected chi connectivity index (χ2v) is 6.97. The average molecular weight is 389 g/mol. The van der Waals surface area contributed by atoms with Gasteiger partial charge >= 0.3 is 0 Å². The van der Waals surface area contributed by atoms with Crippen molar-refractivity contribution in [2.75, 3.05) is 31.6 Å². The highest BCUT2D eigenvalue weighted by Gasteiger charge is 2.12. The molecule has 0 aliphatic rings. The van der Waals surface area contributed by atoms with Gasteiger partial charge in [0, 0.05) is 25.3 Å². The highest BCUT2D eigenvalue weighted by atomic mass is 16.5. The summed E-state index contributed by atoms with van der Waals surface area (Å²) in [6, 6.07) is 7.53. The molecule has 0 spiro atoms. The number of aryl methyl sites for hydroxylation is 1. The Hall–Kier alpha value is -2.41. The number of nitrogens with one attached hydrogen (secondary N) is 1. The molecule has 1 amide bonds. The zero-order valence-electron chi connectivity index (χ0n) is 17.4. The van der Waals surface area contributed by atoms with Gasteiger partial charge in [0.25, 0.3) is 0 Å². The molecule has 0 aliphatic carbocycles. The Balaban J connectivity index is 1.79. The molecule has 0 bridgehead atoms. The zero-order valence-corrected chi connectivity index (χ0v) is 17.4. The van der Waals surface area contributed by atoms with Crippen molar-refractivity contribution in [2.24, 2.45) is 0 Å². The Kier molecular flexibility index (Phi) is 8.94. The molecule has 7 heteroatoms. The van der Waals surface area contributed by atoms with Gasteiger partial charge < -0.3 is 19.5 Å². The molecule has 0 radical (unpaired) electrons. The molecule has 1 N–H and O–H groups in total. The van der Waals surface area contributed by atoms with Crippen molar-refractivity contribution in [3.05, 3.63) is 36.0 Å². The van der Waals surface area contributed by atoms with E-state index in [1.54, 1.807) is 0 Å². The molecule has 2 aromatic rings. The predicted octanol–water partition coefficient (Wildman–Crippen LogP) is 3.88. The van der Waals surface area contributed by atoms with Crippen molar-refractivity contribution in [2.45, 2.75) is 52.9 Å². The molecule has 0 atom stereocenters. The number of carbonyl (C=O) groups excluding carboxylic acids is 1. The number of rotatable bonds is 12. The van der Waals surface area contributed by atoms with Crippen LogP contribution in [0.4, 0.5) is 5.69 Å². The van der Waals surface area contributed by atoms with Gasteiger partial charge in [0.05, 0.1) is 5.69 Å². The fourth-order valence-electron chi connectivity index (χ4n) is 2.74. The van der Waals surface area contributed by atoms with Crippen molar-refractivity contribution in [3.8, 4) is 5.75 Å². The quantitative estimate of drug-likeness (QED) is 0.594. The molecule has 0 unspecified atom stereocenters. The van der Waals surface area contributed by atoms with Gasteiger partial charge in [-0.15, -0.1) is 0 Å². The normalized spacial score (nSPS) is 11.2. The first-order valence-corrected chi connectivity index (χ1v) is 10.1. The summed E-state index contributed by atoms with van der Waals surface area (Å²) in [7, 11) is 0. The lowest BCUT2D eigenvalue weighted by atomic mass is 10.2. The number of hydrogen-bond donors (Lipinski definition) is 1. The van der Waals surface area contributed by atoms with E-state index in [-0.39, 0.29) is 11.8 Å². The van der Waals surface area contributed by atoms with Crippen LogP contribution in [0.3, 0.4) is 0 Å². The summed E-state index contributed by atoms with van der Waals surface area (Å²) in [6.07, 6.45) is 1.62. The molecule has 1 aromatic carbocycles. The number of benzene rings is 1. The molecule has 1 heterocycles. The molecule has 0 saturated heterocycles. The number of carbonyl (C=O) groups is 1. The number of amides is 1. The first-order chi connectivity index (χ1) is 13.5. The van der Waals surface area contributed by atoms with Crippen LogP contribution in [0.5, 0.6) is 5.75 Å². The maximum absolute atomic E-state index is 12.3. The van der Waals surface area contributed by atoms with Crippen molar-refractivity contribution >= 4 is 11.6 Å². The van der Waals surface area contributed by atoms with Crippen LogP contribution in [0.15, 0.2) is 28.8 Å². The Morgan fingerprint density at radius 2 is 2.00 bits per heavy atom. The molecule has 1 aromatic heterocycles. The fourth-order valence-corrected chi connectivity index (χ4v) is 2.74. The standard InChI is InChI=1S/C21H32N4O3/c1-5-25(6-2)14-15-27-18-11-8-7-10-17(18)22-19(26)12-9-13-20-23-21(16(3)4)24-28-20/h7-8,10-11,16H,5-6,9,12-15H2,1-4H3,(H,22,26). The van der Waals surface area contributed by atoms with E-state index in [4.69, 9.17) is 9.26 Å². The van der Waals surface area contributed by atoms with Gasteiger partial charge in [-0.1, -0.05) is 45.0 Å². The van der Waals surface area contributed by atoms with Crippen molar-refractivity contribution in [1.29, 1.82) is 0 Å². The van der Waals surface area contributed by atoms with Gasteiger partial charge in [-0.3, -0.25) is 4.79 Å². The highest BCUT2D eigenvalue weighted by Crippen LogP contribution is 2.24. The van der Waals surface area contributed by atoms with Crippen LogP contribution < -0.4 is 10.1 Å². The third kappa shape index (κ3) is 6.96. The number of hydrogen-bond acceptors (Lipinski definition) is 6. The van der Waals surface area contributed by atoms with Crippen LogP contribution in [0, 0.1) is 0 Å². The number of ether oxygens (including phenoxy) is 1. The number of nitrogens with zero attached hydrogens (tertiary/aromatic N) is 3. The van der Waals surface area contributed by atoms with E-state index < -0.39 is 0 Å². The molecule has 28 heavy (non-hydrogen) atoms. The minimum absolute atomic E-state index is 0.0524. The summed E-state index contributed by atoms with van der Waals surface area (Å²) in [6.45, 7) is 11.7. The Bertz CT molecular complexity index is 726. The molecular weight excluding hydrogens is 356 g/mol. The third-order valence-electron chi connectivity index (χ3n) is 4.52. The van der Waals surface area contributed by atoms with E-state index >= 15 is 0 Å². The number of para-hydroxylation sites is 2. The van der Waals surface area contributed by atoms with Crippen molar-refractivity contribution < 1.29 is 14.1 Å². The van der Waals surface area contributed by atoms with E-state index in [1.807, 2.05) is 38.1 Å². The molecule has 0 aliphatic heterocycles. The summed E-state index contributed by atoms with van der Waals surface area (Å²) in [5, 5.41) is 6.88. The molecular formula is C21H32N4O3. The lowest BCUT2D eigenvalue weighted by molar-refractivity contribution is -0.116. The molecule has 0 fully saturated rings. The second kappa shape index (κ2) is 11.4. The Labute approximate surface area is 167 Å². The van der Waals surface area contributed by atoms with E-state index in [0.29, 0.717) is 49.0 Å². The maximum Gasteiger partial charge on any atom is 0.226 e. The first kappa shape index (κ1) is 21.9. The van der Waals surface area contributed by atoms with Gasteiger partial charge in [-0.2, -0.15) is 4.98 Å². The number of aromatic nitrogens is 2. The molecule has 7 nitrogen and oxygen atoms in total.